The molecule has 0 aliphatic carbocycles. The van der Waals surface area contributed by atoms with Crippen LogP contribution in [0.4, 0.5) is 15.8 Å². The van der Waals surface area contributed by atoms with Gasteiger partial charge < -0.3 is 4.74 Å². The lowest BCUT2D eigenvalue weighted by Crippen LogP contribution is -2.24. The van der Waals surface area contributed by atoms with E-state index in [-0.39, 0.29) is 15.8 Å². The van der Waals surface area contributed by atoms with Gasteiger partial charge in [-0.1, -0.05) is 22.7 Å². The van der Waals surface area contributed by atoms with E-state index in [4.69, 9.17) is 4.74 Å². The molecule has 5 rings (SSSR count). The monoisotopic (exact) mass is 539 g/mol. The van der Waals surface area contributed by atoms with Crippen LogP contribution in [-0.2, 0) is 0 Å². The minimum atomic E-state index is -0.498. The number of hydrazone groups is 1. The number of thiazole rings is 1. The average molecular weight is 540 g/mol. The molecule has 0 radical (unpaired) electrons. The van der Waals surface area contributed by atoms with Gasteiger partial charge in [0.25, 0.3) is 11.6 Å². The molecule has 3 aromatic heterocycles. The first kappa shape index (κ1) is 23.5. The zero-order valence-corrected chi connectivity index (χ0v) is 20.6. The number of nitrogens with zero attached hydrogens (tertiary/aromatic N) is 5. The van der Waals surface area contributed by atoms with Crippen LogP contribution in [0.1, 0.15) is 14.5 Å². The molecule has 0 saturated heterocycles. The van der Waals surface area contributed by atoms with E-state index in [1.165, 1.54) is 53.2 Å². The lowest BCUT2D eigenvalue weighted by atomic mass is 10.2. The number of benzene rings is 2. The molecule has 36 heavy (non-hydrogen) atoms. The maximum absolute atomic E-state index is 13.6. The zero-order chi connectivity index (χ0) is 25.4. The lowest BCUT2D eigenvalue weighted by molar-refractivity contribution is -0.384. The summed E-state index contributed by atoms with van der Waals surface area (Å²) < 4.78 is 6.74. The third-order valence-electron chi connectivity index (χ3n) is 4.97. The van der Waals surface area contributed by atoms with E-state index in [1.54, 1.807) is 37.4 Å². The van der Waals surface area contributed by atoms with Crippen molar-refractivity contribution in [2.45, 2.75) is 0 Å². The van der Waals surface area contributed by atoms with Gasteiger partial charge in [-0.25, -0.2) is 4.98 Å². The van der Waals surface area contributed by atoms with Gasteiger partial charge >= 0.3 is 5.00 Å². The predicted octanol–water partition coefficient (Wildman–Crippen LogP) is 6.08. The van der Waals surface area contributed by atoms with Gasteiger partial charge in [0, 0.05) is 28.3 Å². The summed E-state index contributed by atoms with van der Waals surface area (Å²) in [5, 5.41) is 28.4. The second-order valence-electron chi connectivity index (χ2n) is 7.21. The Hall–Kier alpha value is -4.27. The Labute approximate surface area is 213 Å². The number of methoxy groups -OCH3 is 1. The van der Waals surface area contributed by atoms with Crippen LogP contribution in [0.15, 0.2) is 59.7 Å². The summed E-state index contributed by atoms with van der Waals surface area (Å²) in [6.07, 6.45) is 1.36. The van der Waals surface area contributed by atoms with Crippen LogP contribution >= 0.6 is 34.0 Å². The largest absolute Gasteiger partial charge is 0.497 e. The maximum atomic E-state index is 13.6. The smallest absolute Gasteiger partial charge is 0.324 e. The number of carbonyl (C=O) groups excluding carboxylic acids is 1. The molecular weight excluding hydrogens is 526 g/mol. The van der Waals surface area contributed by atoms with E-state index >= 15 is 0 Å². The van der Waals surface area contributed by atoms with Crippen LogP contribution in [0.25, 0.3) is 20.3 Å². The molecule has 5 aromatic rings. The van der Waals surface area contributed by atoms with Crippen molar-refractivity contribution in [1.82, 2.24) is 4.98 Å². The molecule has 11 nitrogen and oxygen atoms in total. The first-order valence-electron chi connectivity index (χ1n) is 10.1. The van der Waals surface area contributed by atoms with E-state index in [2.05, 4.69) is 10.1 Å². The Kier molecular flexibility index (Phi) is 6.13. The molecule has 14 heteroatoms. The Bertz CT molecular complexity index is 1690. The molecule has 3 heterocycles. The number of thiophene rings is 2. The highest BCUT2D eigenvalue weighted by molar-refractivity contribution is 7.23. The first-order chi connectivity index (χ1) is 17.3. The number of anilines is 1. The van der Waals surface area contributed by atoms with E-state index in [1.807, 2.05) is 0 Å². The first-order valence-corrected chi connectivity index (χ1v) is 12.5. The van der Waals surface area contributed by atoms with E-state index < -0.39 is 15.8 Å². The number of aromatic nitrogens is 1. The molecule has 180 valence electrons. The molecule has 0 N–H and O–H groups in total. The van der Waals surface area contributed by atoms with Gasteiger partial charge in [0.05, 0.1) is 43.1 Å². The third-order valence-corrected chi connectivity index (χ3v) is 8.04. The molecule has 0 saturated carbocycles. The molecule has 0 aliphatic heterocycles. The molecule has 1 amide bonds. The standard InChI is InChI=1S/C22H13N5O6S3/c1-33-14-3-5-16-18(10-14)36-22(24-16)25(23-11-15-4-7-20(34-15)27(31)32)21(28)19-9-12-8-13(26(29)30)2-6-17(12)35-19/h2-11H,1H3/b23-11+. The lowest BCUT2D eigenvalue weighted by Gasteiger charge is -2.12. The normalized spacial score (nSPS) is 11.4. The summed E-state index contributed by atoms with van der Waals surface area (Å²) in [5.41, 5.74) is 0.566. The Morgan fingerprint density at radius 2 is 1.83 bits per heavy atom. The number of carbonyl (C=O) groups is 1. The van der Waals surface area contributed by atoms with Crippen molar-refractivity contribution in [3.8, 4) is 5.75 Å². The summed E-state index contributed by atoms with van der Waals surface area (Å²) >= 11 is 3.32. The van der Waals surface area contributed by atoms with Crippen molar-refractivity contribution in [1.29, 1.82) is 0 Å². The van der Waals surface area contributed by atoms with Crippen LogP contribution in [0.2, 0.25) is 0 Å². The third kappa shape index (κ3) is 4.51. The van der Waals surface area contributed by atoms with Crippen molar-refractivity contribution >= 4 is 82.3 Å². The number of hydrogen-bond donors (Lipinski definition) is 0. The Morgan fingerprint density at radius 3 is 2.56 bits per heavy atom. The molecule has 0 spiro atoms. The number of ether oxygens (including phenoxy) is 1. The molecular formula is C22H13N5O6S3. The highest BCUT2D eigenvalue weighted by Crippen LogP contribution is 2.35. The van der Waals surface area contributed by atoms with Crippen molar-refractivity contribution < 1.29 is 19.4 Å². The number of hydrogen-bond acceptors (Lipinski definition) is 11. The van der Waals surface area contributed by atoms with Crippen molar-refractivity contribution in [2.75, 3.05) is 12.1 Å². The second-order valence-corrected chi connectivity index (χ2v) is 10.4. The quantitative estimate of drug-likeness (QED) is 0.139. The minimum Gasteiger partial charge on any atom is -0.497 e. The van der Waals surface area contributed by atoms with Crippen LogP contribution < -0.4 is 9.75 Å². The van der Waals surface area contributed by atoms with Gasteiger partial charge in [-0.15, -0.1) is 11.3 Å². The second kappa shape index (κ2) is 9.41. The van der Waals surface area contributed by atoms with Gasteiger partial charge in [0.15, 0.2) is 0 Å². The van der Waals surface area contributed by atoms with Crippen molar-refractivity contribution in [3.05, 3.63) is 84.6 Å². The maximum Gasteiger partial charge on any atom is 0.324 e. The molecule has 0 fully saturated rings. The van der Waals surface area contributed by atoms with Crippen LogP contribution in [0, 0.1) is 20.2 Å². The van der Waals surface area contributed by atoms with Gasteiger partial charge in [-0.3, -0.25) is 25.0 Å². The number of nitro groups is 2. The zero-order valence-electron chi connectivity index (χ0n) is 18.2. The van der Waals surface area contributed by atoms with Gasteiger partial charge in [0.2, 0.25) is 5.13 Å². The van der Waals surface area contributed by atoms with Crippen molar-refractivity contribution in [3.63, 3.8) is 0 Å². The molecule has 2 aromatic carbocycles. The van der Waals surface area contributed by atoms with Crippen LogP contribution in [-0.4, -0.2) is 34.1 Å². The minimum absolute atomic E-state index is 0.0486. The average Bonchev–Trinajstić information content (AvgIpc) is 3.60. The van der Waals surface area contributed by atoms with E-state index in [0.29, 0.717) is 31.1 Å². The molecule has 0 atom stereocenters. The van der Waals surface area contributed by atoms with Gasteiger partial charge in [-0.2, -0.15) is 10.1 Å². The van der Waals surface area contributed by atoms with E-state index in [9.17, 15) is 25.0 Å². The number of non-ortho nitro benzene ring substituents is 1. The van der Waals surface area contributed by atoms with Crippen LogP contribution in [0.5, 0.6) is 5.75 Å². The number of rotatable bonds is 7. The molecule has 0 unspecified atom stereocenters. The Morgan fingerprint density at radius 1 is 1.00 bits per heavy atom. The Balaban J connectivity index is 1.56. The summed E-state index contributed by atoms with van der Waals surface area (Å²) in [5.74, 6) is 0.142. The summed E-state index contributed by atoms with van der Waals surface area (Å²) in [6, 6.07) is 14.2. The molecule has 0 bridgehead atoms. The number of amides is 1. The fourth-order valence-corrected chi connectivity index (χ4v) is 5.88. The SMILES string of the molecule is COc1ccc2nc(N(/N=C/c3ccc([N+](=O)[O-])s3)C(=O)c3cc4cc([N+](=O)[O-])ccc4s3)sc2c1. The summed E-state index contributed by atoms with van der Waals surface area (Å²) in [6.45, 7) is 0. The fraction of sp³-hybridized carbons (Fsp3) is 0.0455. The summed E-state index contributed by atoms with van der Waals surface area (Å²) in [7, 11) is 1.55. The van der Waals surface area contributed by atoms with E-state index in [0.717, 1.165) is 21.0 Å². The van der Waals surface area contributed by atoms with Gasteiger partial charge in [-0.05, 0) is 36.4 Å². The number of fused-ring (bicyclic) bond motifs is 2. The highest BCUT2D eigenvalue weighted by atomic mass is 32.1. The van der Waals surface area contributed by atoms with Gasteiger partial charge in [0.1, 0.15) is 5.75 Å². The highest BCUT2D eigenvalue weighted by Gasteiger charge is 2.24. The summed E-state index contributed by atoms with van der Waals surface area (Å²) in [4.78, 5) is 40.1. The molecule has 0 aliphatic rings. The topological polar surface area (TPSA) is 141 Å². The fourth-order valence-electron chi connectivity index (χ4n) is 3.28. The van der Waals surface area contributed by atoms with Crippen LogP contribution in [0.3, 0.4) is 0 Å². The predicted molar refractivity (Wildman–Crippen MR) is 140 cm³/mol. The number of nitro benzene ring substituents is 1. The van der Waals surface area contributed by atoms with Crippen molar-refractivity contribution in [2.24, 2.45) is 5.10 Å².